The zero-order valence-corrected chi connectivity index (χ0v) is 16.1. The molecule has 0 aromatic heterocycles. The van der Waals surface area contributed by atoms with Crippen LogP contribution in [0.1, 0.15) is 32.6 Å². The summed E-state index contributed by atoms with van der Waals surface area (Å²) in [6, 6.07) is 5.70. The second-order valence-electron chi connectivity index (χ2n) is 7.72. The van der Waals surface area contributed by atoms with Crippen molar-refractivity contribution in [1.82, 2.24) is 9.80 Å². The van der Waals surface area contributed by atoms with Crippen LogP contribution in [0.25, 0.3) is 0 Å². The Morgan fingerprint density at radius 2 is 1.79 bits per heavy atom. The summed E-state index contributed by atoms with van der Waals surface area (Å²) in [6.07, 6.45) is 3.46. The first-order chi connectivity index (χ1) is 13.9. The molecule has 29 heavy (non-hydrogen) atoms. The standard InChI is InChI=1S/C20H22N4O5/c1-12-6-2-4-8-14(12)24-19(28)18(27)23(20(24)29)11-17(26)22-10-16(25)21-13-7-3-5-9-15(13)22/h3,5,7,9,12,14H,2,4,6,8,10-11H2,1H3,(H,21,25)/t12-,14+/m1/s1. The zero-order valence-electron chi connectivity index (χ0n) is 16.1. The molecule has 1 aromatic carbocycles. The summed E-state index contributed by atoms with van der Waals surface area (Å²) in [5, 5.41) is 2.68. The predicted molar refractivity (Wildman–Crippen MR) is 103 cm³/mol. The van der Waals surface area contributed by atoms with Crippen LogP contribution >= 0.6 is 0 Å². The van der Waals surface area contributed by atoms with E-state index in [9.17, 15) is 24.0 Å². The summed E-state index contributed by atoms with van der Waals surface area (Å²) in [5.74, 6) is -2.72. The maximum atomic E-state index is 12.9. The number of hydrogen-bond acceptors (Lipinski definition) is 5. The van der Waals surface area contributed by atoms with Crippen LogP contribution < -0.4 is 10.2 Å². The van der Waals surface area contributed by atoms with Crippen LogP contribution in [0.15, 0.2) is 24.3 Å². The van der Waals surface area contributed by atoms with Gasteiger partial charge in [-0.05, 0) is 30.9 Å². The third kappa shape index (κ3) is 3.26. The van der Waals surface area contributed by atoms with E-state index in [1.165, 1.54) is 4.90 Å². The first kappa shape index (κ1) is 19.1. The van der Waals surface area contributed by atoms with E-state index in [1.54, 1.807) is 24.3 Å². The lowest BCUT2D eigenvalue weighted by atomic mass is 9.85. The molecule has 6 amide bonds. The number of urea groups is 1. The second-order valence-corrected chi connectivity index (χ2v) is 7.72. The number of nitrogens with one attached hydrogen (secondary N) is 1. The number of fused-ring (bicyclic) bond motifs is 1. The summed E-state index contributed by atoms with van der Waals surface area (Å²) < 4.78 is 0. The quantitative estimate of drug-likeness (QED) is 0.611. The monoisotopic (exact) mass is 398 g/mol. The maximum absolute atomic E-state index is 12.9. The number of benzene rings is 1. The number of rotatable bonds is 3. The summed E-state index contributed by atoms with van der Waals surface area (Å²) in [4.78, 5) is 65.6. The molecule has 0 radical (unpaired) electrons. The van der Waals surface area contributed by atoms with Gasteiger partial charge in [0.15, 0.2) is 0 Å². The van der Waals surface area contributed by atoms with E-state index in [1.807, 2.05) is 6.92 Å². The number of nitrogens with zero attached hydrogens (tertiary/aromatic N) is 3. The van der Waals surface area contributed by atoms with Crippen molar-refractivity contribution in [2.24, 2.45) is 5.92 Å². The Morgan fingerprint density at radius 1 is 1.07 bits per heavy atom. The lowest BCUT2D eigenvalue weighted by Gasteiger charge is -2.34. The third-order valence-corrected chi connectivity index (χ3v) is 5.85. The van der Waals surface area contributed by atoms with E-state index in [-0.39, 0.29) is 24.4 Å². The predicted octanol–water partition coefficient (Wildman–Crippen LogP) is 1.34. The van der Waals surface area contributed by atoms with Crippen molar-refractivity contribution in [3.8, 4) is 0 Å². The molecule has 3 aliphatic rings. The average molecular weight is 398 g/mol. The first-order valence-corrected chi connectivity index (χ1v) is 9.76. The van der Waals surface area contributed by atoms with Crippen molar-refractivity contribution < 1.29 is 24.0 Å². The number of carbonyl (C=O) groups excluding carboxylic acids is 5. The Morgan fingerprint density at radius 3 is 2.55 bits per heavy atom. The normalized spacial score (nSPS) is 24.7. The summed E-state index contributed by atoms with van der Waals surface area (Å²) in [7, 11) is 0. The van der Waals surface area contributed by atoms with Crippen molar-refractivity contribution in [3.63, 3.8) is 0 Å². The summed E-state index contributed by atoms with van der Waals surface area (Å²) >= 11 is 0. The molecule has 2 aliphatic heterocycles. The number of imide groups is 2. The molecule has 0 spiro atoms. The van der Waals surface area contributed by atoms with E-state index in [4.69, 9.17) is 0 Å². The molecular formula is C20H22N4O5. The van der Waals surface area contributed by atoms with Crippen molar-refractivity contribution in [2.75, 3.05) is 23.3 Å². The highest BCUT2D eigenvalue weighted by molar-refractivity contribution is 6.45. The minimum Gasteiger partial charge on any atom is -0.323 e. The van der Waals surface area contributed by atoms with Gasteiger partial charge >= 0.3 is 17.8 Å². The van der Waals surface area contributed by atoms with Gasteiger partial charge < -0.3 is 5.32 Å². The van der Waals surface area contributed by atoms with Gasteiger partial charge in [0.1, 0.15) is 13.1 Å². The molecular weight excluding hydrogens is 376 g/mol. The molecule has 1 N–H and O–H groups in total. The van der Waals surface area contributed by atoms with Crippen LogP contribution in [-0.2, 0) is 19.2 Å². The number of para-hydroxylation sites is 2. The largest absolute Gasteiger partial charge is 0.334 e. The number of amides is 6. The molecule has 1 aromatic rings. The SMILES string of the molecule is C[C@@H]1CCCC[C@@H]1N1C(=O)C(=O)N(CC(=O)N2CC(=O)Nc3ccccc32)C1=O. The second kappa shape index (κ2) is 7.31. The van der Waals surface area contributed by atoms with E-state index in [0.717, 1.165) is 24.2 Å². The number of hydrogen-bond donors (Lipinski definition) is 1. The van der Waals surface area contributed by atoms with E-state index < -0.39 is 30.3 Å². The fourth-order valence-corrected chi connectivity index (χ4v) is 4.31. The molecule has 9 heteroatoms. The Labute approximate surface area is 167 Å². The fraction of sp³-hybridized carbons (Fsp3) is 0.450. The Kier molecular flexibility index (Phi) is 4.81. The highest BCUT2D eigenvalue weighted by atomic mass is 16.2. The molecule has 9 nitrogen and oxygen atoms in total. The van der Waals surface area contributed by atoms with Crippen LogP contribution in [0.2, 0.25) is 0 Å². The van der Waals surface area contributed by atoms with E-state index >= 15 is 0 Å². The van der Waals surface area contributed by atoms with Gasteiger partial charge in [-0.3, -0.25) is 29.0 Å². The van der Waals surface area contributed by atoms with Gasteiger partial charge in [-0.25, -0.2) is 9.69 Å². The van der Waals surface area contributed by atoms with Gasteiger partial charge in [0.05, 0.1) is 11.4 Å². The van der Waals surface area contributed by atoms with E-state index in [0.29, 0.717) is 22.7 Å². The molecule has 2 fully saturated rings. The van der Waals surface area contributed by atoms with E-state index in [2.05, 4.69) is 5.32 Å². The Hall–Kier alpha value is -3.23. The Balaban J connectivity index is 1.54. The van der Waals surface area contributed by atoms with Crippen molar-refractivity contribution in [3.05, 3.63) is 24.3 Å². The van der Waals surface area contributed by atoms with Crippen molar-refractivity contribution in [2.45, 2.75) is 38.6 Å². The minimum absolute atomic E-state index is 0.109. The molecule has 1 saturated heterocycles. The molecule has 4 rings (SSSR count). The van der Waals surface area contributed by atoms with Gasteiger partial charge in [0.2, 0.25) is 11.8 Å². The first-order valence-electron chi connectivity index (χ1n) is 9.76. The van der Waals surface area contributed by atoms with Crippen LogP contribution in [-0.4, -0.2) is 58.6 Å². The molecule has 0 bridgehead atoms. The van der Waals surface area contributed by atoms with Gasteiger partial charge in [0.25, 0.3) is 0 Å². The third-order valence-electron chi connectivity index (χ3n) is 5.85. The highest BCUT2D eigenvalue weighted by Crippen LogP contribution is 2.32. The van der Waals surface area contributed by atoms with Gasteiger partial charge in [-0.1, -0.05) is 31.9 Å². The van der Waals surface area contributed by atoms with Crippen LogP contribution in [0.4, 0.5) is 16.2 Å². The van der Waals surface area contributed by atoms with Gasteiger partial charge in [0, 0.05) is 6.04 Å². The average Bonchev–Trinajstić information content (AvgIpc) is 2.91. The highest BCUT2D eigenvalue weighted by Gasteiger charge is 2.50. The minimum atomic E-state index is -0.990. The summed E-state index contributed by atoms with van der Waals surface area (Å²) in [6.45, 7) is 1.16. The molecule has 1 aliphatic carbocycles. The summed E-state index contributed by atoms with van der Waals surface area (Å²) in [5.41, 5.74) is 0.963. The van der Waals surface area contributed by atoms with Crippen molar-refractivity contribution >= 4 is 41.0 Å². The van der Waals surface area contributed by atoms with Crippen LogP contribution in [0.5, 0.6) is 0 Å². The smallest absolute Gasteiger partial charge is 0.323 e. The molecule has 152 valence electrons. The number of carbonyl (C=O) groups is 5. The molecule has 0 unspecified atom stereocenters. The lowest BCUT2D eigenvalue weighted by Crippen LogP contribution is -2.49. The topological polar surface area (TPSA) is 107 Å². The molecule has 2 heterocycles. The molecule has 2 atom stereocenters. The molecule has 1 saturated carbocycles. The van der Waals surface area contributed by atoms with Crippen LogP contribution in [0, 0.1) is 5.92 Å². The number of anilines is 2. The fourth-order valence-electron chi connectivity index (χ4n) is 4.31. The zero-order chi connectivity index (χ0) is 20.7. The lowest BCUT2D eigenvalue weighted by molar-refractivity contribution is -0.145. The van der Waals surface area contributed by atoms with Crippen LogP contribution in [0.3, 0.4) is 0 Å². The van der Waals surface area contributed by atoms with Gasteiger partial charge in [-0.2, -0.15) is 0 Å². The van der Waals surface area contributed by atoms with Crippen molar-refractivity contribution in [1.29, 1.82) is 0 Å². The van der Waals surface area contributed by atoms with Gasteiger partial charge in [-0.15, -0.1) is 0 Å². The Bertz CT molecular complexity index is 914. The maximum Gasteiger partial charge on any atom is 0.334 e.